The van der Waals surface area contributed by atoms with Gasteiger partial charge in [-0.25, -0.2) is 13.6 Å². The summed E-state index contributed by atoms with van der Waals surface area (Å²) in [5.74, 6) is -2.89. The van der Waals surface area contributed by atoms with Gasteiger partial charge in [0.05, 0.1) is 7.11 Å². The molecule has 0 saturated heterocycles. The maximum Gasteiger partial charge on any atom is 0.340 e. The van der Waals surface area contributed by atoms with Crippen LogP contribution in [0.2, 0.25) is 0 Å². The van der Waals surface area contributed by atoms with Crippen LogP contribution in [0.1, 0.15) is 10.4 Å². The third-order valence-corrected chi connectivity index (χ3v) is 3.29. The molecular formula is C16H10F2O4. The maximum absolute atomic E-state index is 13.4. The first-order valence-corrected chi connectivity index (χ1v) is 6.30. The Labute approximate surface area is 123 Å². The molecule has 0 spiro atoms. The highest BCUT2D eigenvalue weighted by Crippen LogP contribution is 2.35. The molecule has 0 radical (unpaired) electrons. The van der Waals surface area contributed by atoms with Crippen molar-refractivity contribution in [1.82, 2.24) is 0 Å². The Morgan fingerprint density at radius 1 is 1.14 bits per heavy atom. The molecule has 1 aromatic heterocycles. The van der Waals surface area contributed by atoms with E-state index in [2.05, 4.69) is 0 Å². The number of hydrogen-bond acceptors (Lipinski definition) is 3. The van der Waals surface area contributed by atoms with E-state index < -0.39 is 17.6 Å². The first-order chi connectivity index (χ1) is 10.5. The summed E-state index contributed by atoms with van der Waals surface area (Å²) in [5.41, 5.74) is 0.337. The van der Waals surface area contributed by atoms with E-state index in [-0.39, 0.29) is 16.9 Å². The minimum Gasteiger partial charge on any atom is -0.497 e. The van der Waals surface area contributed by atoms with Crippen LogP contribution in [-0.2, 0) is 0 Å². The van der Waals surface area contributed by atoms with E-state index >= 15 is 0 Å². The van der Waals surface area contributed by atoms with Gasteiger partial charge in [0.1, 0.15) is 22.7 Å². The fourth-order valence-corrected chi connectivity index (χ4v) is 2.26. The van der Waals surface area contributed by atoms with Crippen molar-refractivity contribution < 1.29 is 27.8 Å². The van der Waals surface area contributed by atoms with E-state index in [9.17, 15) is 18.7 Å². The Kier molecular flexibility index (Phi) is 3.29. The molecule has 3 aromatic rings. The fourth-order valence-electron chi connectivity index (χ4n) is 2.26. The van der Waals surface area contributed by atoms with Crippen LogP contribution in [-0.4, -0.2) is 18.2 Å². The van der Waals surface area contributed by atoms with Gasteiger partial charge in [-0.1, -0.05) is 0 Å². The molecule has 6 heteroatoms. The van der Waals surface area contributed by atoms with Crippen molar-refractivity contribution in [3.05, 3.63) is 53.6 Å². The van der Waals surface area contributed by atoms with Crippen LogP contribution >= 0.6 is 0 Å². The zero-order valence-electron chi connectivity index (χ0n) is 11.4. The summed E-state index contributed by atoms with van der Waals surface area (Å²) in [7, 11) is 1.46. The molecule has 22 heavy (non-hydrogen) atoms. The van der Waals surface area contributed by atoms with Crippen molar-refractivity contribution in [2.75, 3.05) is 7.11 Å². The van der Waals surface area contributed by atoms with Crippen molar-refractivity contribution in [2.45, 2.75) is 0 Å². The van der Waals surface area contributed by atoms with Crippen LogP contribution in [0, 0.1) is 11.6 Å². The number of methoxy groups -OCH3 is 1. The van der Waals surface area contributed by atoms with Gasteiger partial charge >= 0.3 is 5.97 Å². The van der Waals surface area contributed by atoms with Gasteiger partial charge < -0.3 is 14.3 Å². The van der Waals surface area contributed by atoms with Gasteiger partial charge in [0.15, 0.2) is 11.6 Å². The van der Waals surface area contributed by atoms with E-state index in [1.54, 1.807) is 12.1 Å². The van der Waals surface area contributed by atoms with Gasteiger partial charge in [-0.2, -0.15) is 0 Å². The van der Waals surface area contributed by atoms with Gasteiger partial charge in [0, 0.05) is 10.9 Å². The number of hydrogen-bond donors (Lipinski definition) is 1. The zero-order valence-corrected chi connectivity index (χ0v) is 11.4. The average molecular weight is 304 g/mol. The first-order valence-electron chi connectivity index (χ1n) is 6.30. The van der Waals surface area contributed by atoms with E-state index in [1.807, 2.05) is 0 Å². The van der Waals surface area contributed by atoms with Crippen LogP contribution < -0.4 is 4.74 Å². The van der Waals surface area contributed by atoms with Gasteiger partial charge in [0.25, 0.3) is 0 Å². The molecule has 1 heterocycles. The van der Waals surface area contributed by atoms with Gasteiger partial charge in [-0.15, -0.1) is 0 Å². The number of carboxylic acids is 1. The van der Waals surface area contributed by atoms with Crippen LogP contribution in [0.15, 0.2) is 40.8 Å². The lowest BCUT2D eigenvalue weighted by molar-refractivity contribution is 0.0699. The van der Waals surface area contributed by atoms with Gasteiger partial charge in [-0.3, -0.25) is 0 Å². The summed E-state index contributed by atoms with van der Waals surface area (Å²) in [6.07, 6.45) is 0. The smallest absolute Gasteiger partial charge is 0.340 e. The quantitative estimate of drug-likeness (QED) is 0.792. The molecule has 0 aliphatic heterocycles. The number of carboxylic acid groups (broad SMARTS) is 1. The lowest BCUT2D eigenvalue weighted by Crippen LogP contribution is -1.97. The van der Waals surface area contributed by atoms with Crippen molar-refractivity contribution >= 4 is 16.9 Å². The minimum atomic E-state index is -1.23. The monoisotopic (exact) mass is 304 g/mol. The maximum atomic E-state index is 13.4. The number of furan rings is 1. The highest BCUT2D eigenvalue weighted by Gasteiger charge is 2.22. The van der Waals surface area contributed by atoms with Gasteiger partial charge in [0.2, 0.25) is 0 Å². The molecule has 0 aliphatic carbocycles. The number of ether oxygens (including phenoxy) is 1. The predicted molar refractivity (Wildman–Crippen MR) is 75.1 cm³/mol. The zero-order chi connectivity index (χ0) is 15.9. The lowest BCUT2D eigenvalue weighted by atomic mass is 10.1. The molecule has 1 N–H and O–H groups in total. The van der Waals surface area contributed by atoms with Crippen LogP contribution in [0.5, 0.6) is 5.75 Å². The Hall–Kier alpha value is -2.89. The topological polar surface area (TPSA) is 59.7 Å². The molecular weight excluding hydrogens is 294 g/mol. The largest absolute Gasteiger partial charge is 0.497 e. The molecule has 2 aromatic carbocycles. The molecule has 4 nitrogen and oxygen atoms in total. The van der Waals surface area contributed by atoms with E-state index in [0.29, 0.717) is 16.7 Å². The van der Waals surface area contributed by atoms with Crippen molar-refractivity contribution in [1.29, 1.82) is 0 Å². The van der Waals surface area contributed by atoms with Crippen LogP contribution in [0.4, 0.5) is 8.78 Å². The molecule has 0 aliphatic rings. The molecule has 0 unspecified atom stereocenters. The number of aromatic carboxylic acids is 1. The molecule has 0 fully saturated rings. The van der Waals surface area contributed by atoms with Crippen molar-refractivity contribution in [2.24, 2.45) is 0 Å². The number of carbonyl (C=O) groups is 1. The molecule has 0 saturated carbocycles. The van der Waals surface area contributed by atoms with Crippen molar-refractivity contribution in [3.63, 3.8) is 0 Å². The normalized spacial score (nSPS) is 10.9. The summed E-state index contributed by atoms with van der Waals surface area (Å²) >= 11 is 0. The summed E-state index contributed by atoms with van der Waals surface area (Å²) in [4.78, 5) is 11.6. The Morgan fingerprint density at radius 3 is 2.55 bits per heavy atom. The summed E-state index contributed by atoms with van der Waals surface area (Å²) in [6, 6.07) is 7.78. The highest BCUT2D eigenvalue weighted by atomic mass is 19.2. The minimum absolute atomic E-state index is 0.0327. The van der Waals surface area contributed by atoms with Crippen LogP contribution in [0.25, 0.3) is 22.3 Å². The lowest BCUT2D eigenvalue weighted by Gasteiger charge is -2.01. The van der Waals surface area contributed by atoms with E-state index in [0.717, 1.165) is 12.1 Å². The molecule has 3 rings (SSSR count). The Bertz CT molecular complexity index is 883. The molecule has 112 valence electrons. The molecule has 0 atom stereocenters. The SMILES string of the molecule is COc1ccc2oc(-c3ccc(F)c(F)c3)c(C(=O)O)c2c1. The second-order valence-corrected chi connectivity index (χ2v) is 4.60. The third-order valence-electron chi connectivity index (χ3n) is 3.29. The summed E-state index contributed by atoms with van der Waals surface area (Å²) < 4.78 is 37.0. The van der Waals surface area contributed by atoms with Crippen molar-refractivity contribution in [3.8, 4) is 17.1 Å². The predicted octanol–water partition coefficient (Wildman–Crippen LogP) is 4.08. The molecule has 0 amide bonds. The highest BCUT2D eigenvalue weighted by molar-refractivity contribution is 6.08. The summed E-state index contributed by atoms with van der Waals surface area (Å²) in [5, 5.41) is 9.76. The third kappa shape index (κ3) is 2.18. The fraction of sp³-hybridized carbons (Fsp3) is 0.0625. The van der Waals surface area contributed by atoms with Crippen LogP contribution in [0.3, 0.4) is 0 Å². The standard InChI is InChI=1S/C16H10F2O4/c1-21-9-3-5-13-10(7-9)14(16(19)20)15(22-13)8-2-4-11(17)12(18)6-8/h2-7H,1H3,(H,19,20). The first kappa shape index (κ1) is 14.1. The number of fused-ring (bicyclic) bond motifs is 1. The number of rotatable bonds is 3. The second-order valence-electron chi connectivity index (χ2n) is 4.60. The molecule has 0 bridgehead atoms. The average Bonchev–Trinajstić information content (AvgIpc) is 2.88. The summed E-state index contributed by atoms with van der Waals surface area (Å²) in [6.45, 7) is 0. The number of benzene rings is 2. The van der Waals surface area contributed by atoms with E-state index in [4.69, 9.17) is 9.15 Å². The Morgan fingerprint density at radius 2 is 1.91 bits per heavy atom. The van der Waals surface area contributed by atoms with Gasteiger partial charge in [-0.05, 0) is 36.4 Å². The number of halogens is 2. The second kappa shape index (κ2) is 5.14. The van der Waals surface area contributed by atoms with E-state index in [1.165, 1.54) is 19.2 Å². The Balaban J connectivity index is 2.30.